The molecule has 0 radical (unpaired) electrons. The monoisotopic (exact) mass is 307 g/mol. The first-order chi connectivity index (χ1) is 9.84. The van der Waals surface area contributed by atoms with Crippen LogP contribution in [0.5, 0.6) is 0 Å². The molecule has 21 heavy (non-hydrogen) atoms. The topological polar surface area (TPSA) is 77.2 Å². The summed E-state index contributed by atoms with van der Waals surface area (Å²) in [4.78, 5) is 11.8. The molecule has 0 aliphatic heterocycles. The van der Waals surface area contributed by atoms with E-state index in [2.05, 4.69) is 0 Å². The van der Waals surface area contributed by atoms with Crippen LogP contribution in [0.15, 0.2) is 47.4 Å². The van der Waals surface area contributed by atoms with Crippen LogP contribution in [0.3, 0.4) is 0 Å². The number of carbonyl (C=O) groups excluding carboxylic acids is 1. The first kappa shape index (κ1) is 15.3. The van der Waals surface area contributed by atoms with Crippen molar-refractivity contribution >= 4 is 15.8 Å². The van der Waals surface area contributed by atoms with Gasteiger partial charge in [-0.3, -0.25) is 4.79 Å². The van der Waals surface area contributed by atoms with Crippen LogP contribution in [0.2, 0.25) is 0 Å². The molecule has 0 bridgehead atoms. The molecule has 0 heterocycles. The Morgan fingerprint density at radius 2 is 1.76 bits per heavy atom. The summed E-state index contributed by atoms with van der Waals surface area (Å²) in [5.74, 6) is -0.710. The fraction of sp³-hybridized carbons (Fsp3) is 0.133. The summed E-state index contributed by atoms with van der Waals surface area (Å²) < 4.78 is 36.5. The molecule has 0 atom stereocenters. The third-order valence-corrected chi connectivity index (χ3v) is 4.04. The second-order valence-electron chi connectivity index (χ2n) is 4.51. The van der Waals surface area contributed by atoms with Crippen molar-refractivity contribution in [3.63, 3.8) is 0 Å². The minimum absolute atomic E-state index is 0.0639. The van der Waals surface area contributed by atoms with Gasteiger partial charge in [0.25, 0.3) is 0 Å². The Balaban J connectivity index is 2.59. The highest BCUT2D eigenvalue weighted by atomic mass is 32.2. The minimum atomic E-state index is -3.80. The molecule has 4 nitrogen and oxygen atoms in total. The predicted octanol–water partition coefficient (Wildman–Crippen LogP) is 2.73. The molecule has 0 fully saturated rings. The Kier molecular flexibility index (Phi) is 4.20. The minimum Gasteiger partial charge on any atom is -0.294 e. The van der Waals surface area contributed by atoms with Crippen LogP contribution in [0.4, 0.5) is 4.39 Å². The Labute approximate surface area is 122 Å². The number of hydrogen-bond donors (Lipinski definition) is 1. The van der Waals surface area contributed by atoms with Crippen molar-refractivity contribution in [1.29, 1.82) is 0 Å². The maximum Gasteiger partial charge on any atom is 0.238 e. The van der Waals surface area contributed by atoms with Crippen LogP contribution in [0, 0.1) is 5.82 Å². The number of sulfonamides is 1. The van der Waals surface area contributed by atoms with E-state index in [1.807, 2.05) is 0 Å². The number of halogens is 1. The number of hydrogen-bond acceptors (Lipinski definition) is 3. The molecule has 2 aromatic rings. The standard InChI is InChI=1S/C15H14FNO3S/c1-2-14(18)12-4-3-5-13(16)15(12)10-6-8-11(9-7-10)21(17,19)20/h3-9H,2H2,1H3,(H2,17,19,20). The number of ketones is 1. The van der Waals surface area contributed by atoms with Crippen molar-refractivity contribution in [1.82, 2.24) is 0 Å². The molecule has 110 valence electrons. The summed E-state index contributed by atoms with van der Waals surface area (Å²) in [5, 5.41) is 5.02. The molecule has 0 spiro atoms. The molecule has 0 aromatic heterocycles. The molecule has 0 unspecified atom stereocenters. The average molecular weight is 307 g/mol. The van der Waals surface area contributed by atoms with Gasteiger partial charge in [-0.2, -0.15) is 0 Å². The molecule has 0 aliphatic rings. The van der Waals surface area contributed by atoms with Crippen LogP contribution in [-0.4, -0.2) is 14.2 Å². The molecule has 0 amide bonds. The van der Waals surface area contributed by atoms with Gasteiger partial charge in [0, 0.05) is 17.5 Å². The van der Waals surface area contributed by atoms with Gasteiger partial charge < -0.3 is 0 Å². The highest BCUT2D eigenvalue weighted by molar-refractivity contribution is 7.89. The van der Waals surface area contributed by atoms with Crippen LogP contribution in [-0.2, 0) is 10.0 Å². The Hall–Kier alpha value is -2.05. The summed E-state index contributed by atoms with van der Waals surface area (Å²) >= 11 is 0. The lowest BCUT2D eigenvalue weighted by atomic mass is 9.95. The van der Waals surface area contributed by atoms with Crippen LogP contribution in [0.25, 0.3) is 11.1 Å². The van der Waals surface area contributed by atoms with E-state index in [9.17, 15) is 17.6 Å². The summed E-state index contributed by atoms with van der Waals surface area (Å²) in [7, 11) is -3.80. The molecular formula is C15H14FNO3S. The molecule has 0 saturated carbocycles. The molecule has 2 N–H and O–H groups in total. The van der Waals surface area contributed by atoms with Gasteiger partial charge in [-0.05, 0) is 23.8 Å². The van der Waals surface area contributed by atoms with Gasteiger partial charge in [-0.15, -0.1) is 0 Å². The lowest BCUT2D eigenvalue weighted by molar-refractivity contribution is 0.0988. The van der Waals surface area contributed by atoms with Crippen molar-refractivity contribution < 1.29 is 17.6 Å². The van der Waals surface area contributed by atoms with Crippen LogP contribution < -0.4 is 5.14 Å². The van der Waals surface area contributed by atoms with Crippen molar-refractivity contribution in [3.05, 3.63) is 53.8 Å². The van der Waals surface area contributed by atoms with E-state index in [4.69, 9.17) is 5.14 Å². The zero-order valence-corrected chi connectivity index (χ0v) is 12.2. The third-order valence-electron chi connectivity index (χ3n) is 3.11. The van der Waals surface area contributed by atoms with E-state index in [0.717, 1.165) is 0 Å². The smallest absolute Gasteiger partial charge is 0.238 e. The maximum absolute atomic E-state index is 14.1. The number of nitrogens with two attached hydrogens (primary N) is 1. The first-order valence-corrected chi connectivity index (χ1v) is 7.84. The number of rotatable bonds is 4. The first-order valence-electron chi connectivity index (χ1n) is 6.29. The number of primary sulfonamides is 1. The Morgan fingerprint density at radius 3 is 2.29 bits per heavy atom. The number of benzene rings is 2. The summed E-state index contributed by atoms with van der Waals surface area (Å²) in [5.41, 5.74) is 0.878. The second-order valence-corrected chi connectivity index (χ2v) is 6.07. The van der Waals surface area contributed by atoms with Gasteiger partial charge in [0.15, 0.2) is 5.78 Å². The molecular weight excluding hydrogens is 293 g/mol. The zero-order valence-electron chi connectivity index (χ0n) is 11.3. The number of Topliss-reactive ketones (excluding diaryl/α,β-unsaturated/α-hetero) is 1. The van der Waals surface area contributed by atoms with E-state index in [1.165, 1.54) is 36.4 Å². The second kappa shape index (κ2) is 5.75. The molecule has 2 rings (SSSR count). The van der Waals surface area contributed by atoms with Gasteiger partial charge in [-0.1, -0.05) is 31.2 Å². The predicted molar refractivity (Wildman–Crippen MR) is 77.8 cm³/mol. The lowest BCUT2D eigenvalue weighted by Gasteiger charge is -2.10. The van der Waals surface area contributed by atoms with E-state index in [0.29, 0.717) is 5.56 Å². The van der Waals surface area contributed by atoms with E-state index in [-0.39, 0.29) is 28.2 Å². The fourth-order valence-corrected chi connectivity index (χ4v) is 2.57. The van der Waals surface area contributed by atoms with Crippen LogP contribution >= 0.6 is 0 Å². The zero-order chi connectivity index (χ0) is 15.6. The highest BCUT2D eigenvalue weighted by Gasteiger charge is 2.16. The third kappa shape index (κ3) is 3.17. The maximum atomic E-state index is 14.1. The van der Waals surface area contributed by atoms with Gasteiger partial charge in [0.05, 0.1) is 4.90 Å². The SMILES string of the molecule is CCC(=O)c1cccc(F)c1-c1ccc(S(N)(=O)=O)cc1. The average Bonchev–Trinajstić information content (AvgIpc) is 2.45. The summed E-state index contributed by atoms with van der Waals surface area (Å²) in [6, 6.07) is 9.73. The fourth-order valence-electron chi connectivity index (χ4n) is 2.05. The van der Waals surface area contributed by atoms with Gasteiger partial charge >= 0.3 is 0 Å². The van der Waals surface area contributed by atoms with E-state index >= 15 is 0 Å². The van der Waals surface area contributed by atoms with Crippen molar-refractivity contribution in [2.45, 2.75) is 18.2 Å². The van der Waals surface area contributed by atoms with Gasteiger partial charge in [-0.25, -0.2) is 17.9 Å². The highest BCUT2D eigenvalue weighted by Crippen LogP contribution is 2.28. The number of carbonyl (C=O) groups is 1. The Morgan fingerprint density at radius 1 is 1.14 bits per heavy atom. The Bertz CT molecular complexity index is 783. The van der Waals surface area contributed by atoms with Crippen molar-refractivity contribution in [2.75, 3.05) is 0 Å². The lowest BCUT2D eigenvalue weighted by Crippen LogP contribution is -2.11. The van der Waals surface area contributed by atoms with Crippen molar-refractivity contribution in [2.24, 2.45) is 5.14 Å². The van der Waals surface area contributed by atoms with Crippen LogP contribution in [0.1, 0.15) is 23.7 Å². The summed E-state index contributed by atoms with van der Waals surface area (Å²) in [6.45, 7) is 1.70. The normalized spacial score (nSPS) is 11.4. The largest absolute Gasteiger partial charge is 0.294 e. The molecule has 2 aromatic carbocycles. The summed E-state index contributed by atoms with van der Waals surface area (Å²) in [6.07, 6.45) is 0.256. The van der Waals surface area contributed by atoms with Crippen molar-refractivity contribution in [3.8, 4) is 11.1 Å². The molecule has 0 saturated heterocycles. The van der Waals surface area contributed by atoms with E-state index < -0.39 is 15.8 Å². The van der Waals surface area contributed by atoms with Gasteiger partial charge in [0.2, 0.25) is 10.0 Å². The molecule has 0 aliphatic carbocycles. The molecule has 6 heteroatoms. The van der Waals surface area contributed by atoms with Gasteiger partial charge in [0.1, 0.15) is 5.82 Å². The quantitative estimate of drug-likeness (QED) is 0.882. The van der Waals surface area contributed by atoms with E-state index in [1.54, 1.807) is 13.0 Å².